The zero-order chi connectivity index (χ0) is 14.8. The van der Waals surface area contributed by atoms with E-state index in [1.807, 2.05) is 7.05 Å². The fraction of sp³-hybridized carbons (Fsp3) is 0.533. The van der Waals surface area contributed by atoms with Crippen molar-refractivity contribution < 1.29 is 13.9 Å². The molecule has 0 bridgehead atoms. The Balaban J connectivity index is 1.75. The Bertz CT molecular complexity index is 525. The normalized spacial score (nSPS) is 27.3. The molecule has 0 aromatic heterocycles. The predicted octanol–water partition coefficient (Wildman–Crippen LogP) is 0.587. The Morgan fingerprint density at radius 1 is 1.43 bits per heavy atom. The third-order valence-corrected chi connectivity index (χ3v) is 4.02. The molecule has 5 nitrogen and oxygen atoms in total. The zero-order valence-corrected chi connectivity index (χ0v) is 12.1. The number of halogens is 1. The number of amides is 1. The maximum absolute atomic E-state index is 14.0. The van der Waals surface area contributed by atoms with Crippen LogP contribution in [-0.4, -0.2) is 61.6 Å². The Hall–Kier alpha value is -1.50. The van der Waals surface area contributed by atoms with Crippen LogP contribution >= 0.6 is 0 Å². The number of likely N-dealkylation sites (N-methyl/N-ethyl adjacent to an activating group) is 1. The van der Waals surface area contributed by atoms with Crippen LogP contribution in [0.2, 0.25) is 0 Å². The van der Waals surface area contributed by atoms with Crippen molar-refractivity contribution in [2.24, 2.45) is 0 Å². The molecule has 0 radical (unpaired) electrons. The molecule has 2 atom stereocenters. The summed E-state index contributed by atoms with van der Waals surface area (Å²) in [6, 6.07) is 6.57. The number of carbonyl (C=O) groups is 1. The summed E-state index contributed by atoms with van der Waals surface area (Å²) in [7, 11) is 2.04. The van der Waals surface area contributed by atoms with Gasteiger partial charge in [-0.25, -0.2) is 4.39 Å². The molecule has 2 aliphatic heterocycles. The van der Waals surface area contributed by atoms with Crippen molar-refractivity contribution >= 4 is 5.91 Å². The number of ether oxygens (including phenoxy) is 1. The molecule has 1 aromatic rings. The second kappa shape index (κ2) is 6.09. The lowest BCUT2D eigenvalue weighted by molar-refractivity contribution is -0.131. The number of nitrogens with one attached hydrogen (secondary N) is 1. The molecule has 21 heavy (non-hydrogen) atoms. The fourth-order valence-corrected chi connectivity index (χ4v) is 2.92. The number of rotatable bonds is 3. The van der Waals surface area contributed by atoms with E-state index in [1.54, 1.807) is 23.1 Å². The van der Waals surface area contributed by atoms with Gasteiger partial charge in [-0.15, -0.1) is 0 Å². The monoisotopic (exact) mass is 293 g/mol. The summed E-state index contributed by atoms with van der Waals surface area (Å²) in [6.45, 7) is 3.07. The van der Waals surface area contributed by atoms with E-state index in [2.05, 4.69) is 10.2 Å². The molecular formula is C15H20FN3O2. The molecule has 2 unspecified atom stereocenters. The lowest BCUT2D eigenvalue weighted by atomic mass is 10.1. The fourth-order valence-electron chi connectivity index (χ4n) is 2.92. The summed E-state index contributed by atoms with van der Waals surface area (Å²) in [5.41, 5.74) is 0.507. The largest absolute Gasteiger partial charge is 0.374 e. The summed E-state index contributed by atoms with van der Waals surface area (Å²) in [5, 5.41) is 3.08. The van der Waals surface area contributed by atoms with Gasteiger partial charge in [0.1, 0.15) is 12.0 Å². The van der Waals surface area contributed by atoms with E-state index in [9.17, 15) is 9.18 Å². The summed E-state index contributed by atoms with van der Waals surface area (Å²) in [6.07, 6.45) is -0.434. The average molecular weight is 293 g/mol. The highest BCUT2D eigenvalue weighted by atomic mass is 19.1. The number of hydrogen-bond donors (Lipinski definition) is 1. The summed E-state index contributed by atoms with van der Waals surface area (Å²) >= 11 is 0. The number of hydrogen-bond acceptors (Lipinski definition) is 4. The number of morpholine rings is 1. The van der Waals surface area contributed by atoms with Crippen LogP contribution in [0.1, 0.15) is 11.7 Å². The molecule has 2 aliphatic rings. The third kappa shape index (κ3) is 3.07. The minimum Gasteiger partial charge on any atom is -0.374 e. The van der Waals surface area contributed by atoms with Crippen LogP contribution in [0.5, 0.6) is 0 Å². The molecule has 114 valence electrons. The van der Waals surface area contributed by atoms with Gasteiger partial charge in [0.2, 0.25) is 5.91 Å². The van der Waals surface area contributed by atoms with E-state index in [1.165, 1.54) is 6.07 Å². The van der Waals surface area contributed by atoms with E-state index >= 15 is 0 Å². The Labute approximate surface area is 123 Å². The van der Waals surface area contributed by atoms with Gasteiger partial charge in [-0.2, -0.15) is 0 Å². The van der Waals surface area contributed by atoms with Crippen LogP contribution in [0.4, 0.5) is 4.39 Å². The van der Waals surface area contributed by atoms with Crippen LogP contribution in [-0.2, 0) is 9.53 Å². The van der Waals surface area contributed by atoms with Crippen molar-refractivity contribution in [1.82, 2.24) is 15.1 Å². The number of nitrogens with zero attached hydrogens (tertiary/aromatic N) is 2. The van der Waals surface area contributed by atoms with E-state index in [4.69, 9.17) is 4.74 Å². The first-order chi connectivity index (χ1) is 10.1. The lowest BCUT2D eigenvalue weighted by Crippen LogP contribution is -2.47. The molecule has 2 saturated heterocycles. The SMILES string of the molecule is CN1CCOC(CN2C(=O)CNC2c2ccccc2F)C1. The molecule has 0 aliphatic carbocycles. The minimum absolute atomic E-state index is 0.0138. The Kier molecular flexibility index (Phi) is 4.19. The standard InChI is InChI=1S/C15H20FN3O2/c1-18-6-7-21-11(9-18)10-19-14(20)8-17-15(19)12-4-2-3-5-13(12)16/h2-5,11,15,17H,6-10H2,1H3. The smallest absolute Gasteiger partial charge is 0.238 e. The first-order valence-corrected chi connectivity index (χ1v) is 7.22. The van der Waals surface area contributed by atoms with Crippen LogP contribution in [0, 0.1) is 5.82 Å². The highest BCUT2D eigenvalue weighted by Crippen LogP contribution is 2.25. The average Bonchev–Trinajstić information content (AvgIpc) is 2.81. The maximum Gasteiger partial charge on any atom is 0.238 e. The van der Waals surface area contributed by atoms with Gasteiger partial charge in [0.15, 0.2) is 0 Å². The van der Waals surface area contributed by atoms with Crippen molar-refractivity contribution in [3.8, 4) is 0 Å². The third-order valence-electron chi connectivity index (χ3n) is 4.02. The summed E-state index contributed by atoms with van der Waals surface area (Å²) in [4.78, 5) is 16.0. The molecule has 2 heterocycles. The molecule has 6 heteroatoms. The lowest BCUT2D eigenvalue weighted by Gasteiger charge is -2.34. The van der Waals surface area contributed by atoms with Crippen molar-refractivity contribution in [3.63, 3.8) is 0 Å². The Morgan fingerprint density at radius 3 is 3.00 bits per heavy atom. The molecule has 1 N–H and O–H groups in total. The maximum atomic E-state index is 14.0. The number of benzene rings is 1. The van der Waals surface area contributed by atoms with Crippen molar-refractivity contribution in [2.45, 2.75) is 12.3 Å². The minimum atomic E-state index is -0.408. The van der Waals surface area contributed by atoms with E-state index in [0.717, 1.165) is 13.1 Å². The molecule has 1 aromatic carbocycles. The van der Waals surface area contributed by atoms with Gasteiger partial charge in [-0.05, 0) is 13.1 Å². The van der Waals surface area contributed by atoms with E-state index in [-0.39, 0.29) is 24.4 Å². The van der Waals surface area contributed by atoms with Crippen molar-refractivity contribution in [1.29, 1.82) is 0 Å². The van der Waals surface area contributed by atoms with Gasteiger partial charge >= 0.3 is 0 Å². The van der Waals surface area contributed by atoms with Crippen LogP contribution in [0.25, 0.3) is 0 Å². The van der Waals surface area contributed by atoms with Crippen molar-refractivity contribution in [2.75, 3.05) is 39.8 Å². The number of carbonyl (C=O) groups excluding carboxylic acids is 1. The molecule has 3 rings (SSSR count). The van der Waals surface area contributed by atoms with Crippen LogP contribution in [0.3, 0.4) is 0 Å². The molecule has 1 amide bonds. The predicted molar refractivity (Wildman–Crippen MR) is 76.1 cm³/mol. The van der Waals surface area contributed by atoms with Gasteiger partial charge < -0.3 is 14.5 Å². The Morgan fingerprint density at radius 2 is 2.24 bits per heavy atom. The van der Waals surface area contributed by atoms with Gasteiger partial charge in [0, 0.05) is 18.7 Å². The molecule has 0 spiro atoms. The molecule has 2 fully saturated rings. The quantitative estimate of drug-likeness (QED) is 0.886. The zero-order valence-electron chi connectivity index (χ0n) is 12.1. The second-order valence-corrected chi connectivity index (χ2v) is 5.61. The highest BCUT2D eigenvalue weighted by Gasteiger charge is 2.35. The van der Waals surface area contributed by atoms with E-state index < -0.39 is 6.17 Å². The van der Waals surface area contributed by atoms with Gasteiger partial charge in [-0.1, -0.05) is 18.2 Å². The highest BCUT2D eigenvalue weighted by molar-refractivity contribution is 5.81. The summed E-state index contributed by atoms with van der Waals surface area (Å²) < 4.78 is 19.7. The first kappa shape index (κ1) is 14.4. The van der Waals surface area contributed by atoms with Gasteiger partial charge in [0.05, 0.1) is 25.8 Å². The first-order valence-electron chi connectivity index (χ1n) is 7.22. The molecule has 0 saturated carbocycles. The topological polar surface area (TPSA) is 44.8 Å². The van der Waals surface area contributed by atoms with Gasteiger partial charge in [-0.3, -0.25) is 10.1 Å². The molecular weight excluding hydrogens is 273 g/mol. The summed E-state index contributed by atoms with van der Waals surface area (Å²) in [5.74, 6) is -0.309. The van der Waals surface area contributed by atoms with Crippen LogP contribution in [0.15, 0.2) is 24.3 Å². The van der Waals surface area contributed by atoms with E-state index in [0.29, 0.717) is 18.7 Å². The second-order valence-electron chi connectivity index (χ2n) is 5.61. The van der Waals surface area contributed by atoms with Gasteiger partial charge in [0.25, 0.3) is 0 Å². The van der Waals surface area contributed by atoms with Crippen LogP contribution < -0.4 is 5.32 Å². The van der Waals surface area contributed by atoms with Crippen molar-refractivity contribution in [3.05, 3.63) is 35.6 Å².